The van der Waals surface area contributed by atoms with Crippen LogP contribution in [0.25, 0.3) is 5.70 Å². The van der Waals surface area contributed by atoms with Crippen LogP contribution >= 0.6 is 0 Å². The Bertz CT molecular complexity index is 1150. The second kappa shape index (κ2) is 9.43. The lowest BCUT2D eigenvalue weighted by Crippen LogP contribution is -2.21. The first kappa shape index (κ1) is 26.7. The third-order valence-electron chi connectivity index (χ3n) is 4.38. The molecule has 0 aromatic carbocycles. The second-order valence-corrected chi connectivity index (χ2v) is 12.1. The third kappa shape index (κ3) is 7.10. The monoisotopic (exact) mass is 479 g/mol. The summed E-state index contributed by atoms with van der Waals surface area (Å²) in [6, 6.07) is 1.39. The van der Waals surface area contributed by atoms with Gasteiger partial charge >= 0.3 is 6.18 Å². The average Bonchev–Trinajstić information content (AvgIpc) is 2.64. The molecule has 1 heterocycles. The molecule has 0 aliphatic heterocycles. The van der Waals surface area contributed by atoms with E-state index in [1.54, 1.807) is 20.9 Å². The molecule has 0 fully saturated rings. The largest absolute Gasteiger partial charge is 0.430 e. The van der Waals surface area contributed by atoms with Gasteiger partial charge in [-0.25, -0.2) is 13.2 Å². The molecule has 0 spiro atoms. The molecule has 3 N–H and O–H groups in total. The molecule has 0 radical (unpaired) electrons. The van der Waals surface area contributed by atoms with Gasteiger partial charge in [0, 0.05) is 40.7 Å². The van der Waals surface area contributed by atoms with E-state index in [1.807, 2.05) is 0 Å². The van der Waals surface area contributed by atoms with Crippen LogP contribution in [0.3, 0.4) is 0 Å². The normalized spacial score (nSPS) is 15.7. The van der Waals surface area contributed by atoms with E-state index in [4.69, 9.17) is 10.5 Å². The molecule has 1 unspecified atom stereocenters. The van der Waals surface area contributed by atoms with E-state index in [9.17, 15) is 21.6 Å². The summed E-state index contributed by atoms with van der Waals surface area (Å²) in [4.78, 5) is 5.78. The maximum absolute atomic E-state index is 12.9. The molecule has 0 saturated heterocycles. The van der Waals surface area contributed by atoms with Gasteiger partial charge in [0.15, 0.2) is 0 Å². The van der Waals surface area contributed by atoms with Crippen LogP contribution in [0.1, 0.15) is 26.5 Å². The van der Waals surface area contributed by atoms with Crippen molar-refractivity contribution < 1.29 is 21.6 Å². The zero-order valence-corrected chi connectivity index (χ0v) is 20.0. The Morgan fingerprint density at radius 1 is 1.35 bits per heavy atom. The maximum Gasteiger partial charge on any atom is 0.430 e. The van der Waals surface area contributed by atoms with Gasteiger partial charge in [-0.2, -0.15) is 17.5 Å². The van der Waals surface area contributed by atoms with Gasteiger partial charge in [-0.15, -0.1) is 0 Å². The fourth-order valence-electron chi connectivity index (χ4n) is 2.41. The Labute approximate surface area is 182 Å². The zero-order chi connectivity index (χ0) is 24.4. The Balaban J connectivity index is 3.59. The number of halogens is 3. The van der Waals surface area contributed by atoms with Crippen molar-refractivity contribution in [3.63, 3.8) is 0 Å². The molecule has 0 saturated carbocycles. The molecule has 174 valence electrons. The van der Waals surface area contributed by atoms with Crippen molar-refractivity contribution in [2.45, 2.75) is 31.8 Å². The minimum Gasteiger partial charge on any atom is -0.395 e. The van der Waals surface area contributed by atoms with E-state index in [1.165, 1.54) is 36.6 Å². The summed E-state index contributed by atoms with van der Waals surface area (Å²) >= 11 is 0. The minimum atomic E-state index is -4.65. The Hall–Kier alpha value is -2.34. The van der Waals surface area contributed by atoms with Crippen LogP contribution < -0.4 is 5.73 Å². The predicted molar refractivity (Wildman–Crippen MR) is 119 cm³/mol. The van der Waals surface area contributed by atoms with Gasteiger partial charge in [-0.1, -0.05) is 13.5 Å². The first-order chi connectivity index (χ1) is 13.9. The lowest BCUT2D eigenvalue weighted by Gasteiger charge is -2.25. The van der Waals surface area contributed by atoms with Crippen molar-refractivity contribution in [1.82, 2.24) is 9.88 Å². The highest BCUT2D eigenvalue weighted by molar-refractivity contribution is 7.92. The molecule has 1 atom stereocenters. The summed E-state index contributed by atoms with van der Waals surface area (Å²) in [6.07, 6.45) is 0.349. The number of nitrogens with two attached hydrogens (primary N) is 1. The fraction of sp³-hybridized carbons (Fsp3) is 0.421. The average molecular weight is 480 g/mol. The number of hydrogen-bond donors (Lipinski definition) is 2. The van der Waals surface area contributed by atoms with Gasteiger partial charge in [-0.3, -0.25) is 4.98 Å². The van der Waals surface area contributed by atoms with E-state index in [-0.39, 0.29) is 33.3 Å². The number of hydrogen-bond acceptors (Lipinski definition) is 7. The third-order valence-corrected chi connectivity index (χ3v) is 6.86. The second-order valence-electron chi connectivity index (χ2n) is 7.15. The Morgan fingerprint density at radius 2 is 1.90 bits per heavy atom. The highest BCUT2D eigenvalue weighted by atomic mass is 32.2. The van der Waals surface area contributed by atoms with Gasteiger partial charge in [0.25, 0.3) is 0 Å². The van der Waals surface area contributed by atoms with Crippen LogP contribution in [0.2, 0.25) is 0 Å². The van der Waals surface area contributed by atoms with E-state index >= 15 is 0 Å². The smallest absolute Gasteiger partial charge is 0.395 e. The Morgan fingerprint density at radius 3 is 2.35 bits per heavy atom. The summed E-state index contributed by atoms with van der Waals surface area (Å²) in [5, 5.41) is 0. The number of allylic oxidation sites excluding steroid dienone is 4. The van der Waals surface area contributed by atoms with Crippen molar-refractivity contribution in [1.29, 1.82) is 4.78 Å². The first-order valence-electron chi connectivity index (χ1n) is 8.99. The summed E-state index contributed by atoms with van der Waals surface area (Å²) in [5.74, 6) is -0.00550. The summed E-state index contributed by atoms with van der Waals surface area (Å²) in [6.45, 7) is 8.55. The lowest BCUT2D eigenvalue weighted by atomic mass is 10.1. The number of alkyl halides is 3. The highest BCUT2D eigenvalue weighted by Crippen LogP contribution is 2.30. The van der Waals surface area contributed by atoms with Crippen LogP contribution in [0.4, 0.5) is 18.9 Å². The summed E-state index contributed by atoms with van der Waals surface area (Å²) < 4.78 is 75.3. The molecule has 0 amide bonds. The van der Waals surface area contributed by atoms with Crippen molar-refractivity contribution in [2.75, 3.05) is 25.3 Å². The molecule has 1 aromatic rings. The topological polar surface area (TPSA) is 112 Å². The standard InChI is InChI=1S/C19H28F3N5O2S2/c1-8-31(24,29)16-10-15(26-30(6,7)28)11-25-18(16)14(4)27(5)13(3)12(2)9-17(23)19(20,21)22/h9-11,24H,4,8,23H2,1-3,5-7H3/b13-12+,17-9-. The molecular weight excluding hydrogens is 451 g/mol. The van der Waals surface area contributed by atoms with Gasteiger partial charge in [0.1, 0.15) is 11.4 Å². The maximum atomic E-state index is 12.9. The van der Waals surface area contributed by atoms with E-state index in [0.29, 0.717) is 5.70 Å². The molecule has 31 heavy (non-hydrogen) atoms. The van der Waals surface area contributed by atoms with Crippen LogP contribution in [0.15, 0.2) is 51.1 Å². The number of pyridine rings is 1. The van der Waals surface area contributed by atoms with Crippen LogP contribution in [-0.2, 0) is 19.5 Å². The molecule has 12 heteroatoms. The molecule has 0 bridgehead atoms. The van der Waals surface area contributed by atoms with Gasteiger partial charge in [-0.05, 0) is 31.6 Å². The summed E-state index contributed by atoms with van der Waals surface area (Å²) in [5.41, 5.74) is 5.07. The quantitative estimate of drug-likeness (QED) is 0.561. The molecule has 0 aliphatic carbocycles. The fourth-order valence-corrected chi connectivity index (χ4v) is 4.12. The van der Waals surface area contributed by atoms with Crippen LogP contribution in [0, 0.1) is 4.78 Å². The summed E-state index contributed by atoms with van der Waals surface area (Å²) in [7, 11) is -4.22. The SMILES string of the molecule is C=C(c1ncc(N=S(C)(C)=O)cc1S(=N)(=O)CC)N(C)/C(C)=C(C)/C=C(\N)C(F)(F)F. The first-order valence-corrected chi connectivity index (χ1v) is 13.0. The van der Waals surface area contributed by atoms with Gasteiger partial charge in [0.05, 0.1) is 32.2 Å². The lowest BCUT2D eigenvalue weighted by molar-refractivity contribution is -0.0927. The number of aromatic nitrogens is 1. The van der Waals surface area contributed by atoms with E-state index < -0.39 is 31.3 Å². The van der Waals surface area contributed by atoms with E-state index in [0.717, 1.165) is 6.08 Å². The minimum absolute atomic E-state index is 0.00550. The number of rotatable bonds is 7. The van der Waals surface area contributed by atoms with Gasteiger partial charge in [0.2, 0.25) is 0 Å². The number of nitrogens with zero attached hydrogens (tertiary/aromatic N) is 3. The molecular formula is C19H28F3N5O2S2. The van der Waals surface area contributed by atoms with Crippen molar-refractivity contribution >= 4 is 30.8 Å². The molecule has 1 aromatic heterocycles. The molecule has 1 rings (SSSR count). The van der Waals surface area contributed by atoms with Crippen LogP contribution in [-0.4, -0.2) is 49.8 Å². The van der Waals surface area contributed by atoms with E-state index in [2.05, 4.69) is 15.9 Å². The highest BCUT2D eigenvalue weighted by Gasteiger charge is 2.31. The predicted octanol–water partition coefficient (Wildman–Crippen LogP) is 4.47. The Kier molecular flexibility index (Phi) is 8.12. The van der Waals surface area contributed by atoms with Crippen molar-refractivity contribution in [3.05, 3.63) is 47.6 Å². The van der Waals surface area contributed by atoms with Crippen LogP contribution in [0.5, 0.6) is 0 Å². The van der Waals surface area contributed by atoms with Gasteiger partial charge < -0.3 is 10.6 Å². The molecule has 7 nitrogen and oxygen atoms in total. The number of nitrogens with one attached hydrogen (secondary N) is 1. The zero-order valence-electron chi connectivity index (χ0n) is 18.3. The van der Waals surface area contributed by atoms with Crippen molar-refractivity contribution in [2.24, 2.45) is 10.1 Å². The van der Waals surface area contributed by atoms with Crippen molar-refractivity contribution in [3.8, 4) is 0 Å². The molecule has 0 aliphatic rings.